The van der Waals surface area contributed by atoms with Crippen LogP contribution in [0.15, 0.2) is 55.0 Å². The molecule has 3 aromatic rings. The van der Waals surface area contributed by atoms with Crippen molar-refractivity contribution in [1.82, 2.24) is 19.9 Å². The molecule has 0 spiro atoms. The summed E-state index contributed by atoms with van der Waals surface area (Å²) in [6.45, 7) is 4.11. The van der Waals surface area contributed by atoms with Gasteiger partial charge in [0.15, 0.2) is 0 Å². The van der Waals surface area contributed by atoms with Gasteiger partial charge in [0.05, 0.1) is 6.20 Å². The van der Waals surface area contributed by atoms with Crippen molar-refractivity contribution < 1.29 is 4.39 Å². The average molecular weight is 392 g/mol. The zero-order valence-corrected chi connectivity index (χ0v) is 16.8. The van der Waals surface area contributed by atoms with Crippen molar-refractivity contribution in [1.29, 1.82) is 0 Å². The van der Waals surface area contributed by atoms with Gasteiger partial charge in [-0.2, -0.15) is 0 Å². The molecule has 2 aromatic heterocycles. The topological polar surface area (TPSA) is 48.4 Å². The number of hydrogen-bond donors (Lipinski definition) is 0. The predicted molar refractivity (Wildman–Crippen MR) is 113 cm³/mol. The van der Waals surface area contributed by atoms with Crippen LogP contribution in [-0.4, -0.2) is 60.1 Å². The van der Waals surface area contributed by atoms with Crippen LogP contribution in [0, 0.1) is 5.82 Å². The molecule has 0 N–H and O–H groups in total. The van der Waals surface area contributed by atoms with Crippen molar-refractivity contribution >= 4 is 11.8 Å². The number of nitrogens with zero attached hydrogens (tertiary/aromatic N) is 6. The van der Waals surface area contributed by atoms with Gasteiger partial charge in [-0.05, 0) is 43.4 Å². The van der Waals surface area contributed by atoms with E-state index in [0.29, 0.717) is 0 Å². The number of rotatable bonds is 5. The SMILES string of the molecule is CN(C)Cc1cccc(-c2cnc(N3CCN(c4ccc(F)cn4)CC3)nc2)c1. The lowest BCUT2D eigenvalue weighted by atomic mass is 10.1. The lowest BCUT2D eigenvalue weighted by Gasteiger charge is -2.35. The number of benzene rings is 1. The number of anilines is 2. The smallest absolute Gasteiger partial charge is 0.225 e. The third-order valence-corrected chi connectivity index (χ3v) is 5.00. The van der Waals surface area contributed by atoms with Gasteiger partial charge < -0.3 is 14.7 Å². The number of pyridine rings is 1. The summed E-state index contributed by atoms with van der Waals surface area (Å²) in [5, 5.41) is 0. The Morgan fingerprint density at radius 1 is 0.862 bits per heavy atom. The van der Waals surface area contributed by atoms with Crippen LogP contribution in [0.1, 0.15) is 5.56 Å². The van der Waals surface area contributed by atoms with E-state index in [-0.39, 0.29) is 5.82 Å². The standard InChI is InChI=1S/C22H25FN6/c1-27(2)16-17-4-3-5-18(12-17)19-13-25-22(26-14-19)29-10-8-28(9-11-29)21-7-6-20(23)15-24-21/h3-7,12-15H,8-11,16H2,1-2H3. The van der Waals surface area contributed by atoms with Crippen LogP contribution in [-0.2, 0) is 6.54 Å². The Labute approximate surface area is 170 Å². The molecule has 150 valence electrons. The van der Waals surface area contributed by atoms with Crippen LogP contribution < -0.4 is 9.80 Å². The van der Waals surface area contributed by atoms with Crippen molar-refractivity contribution in [3.05, 3.63) is 66.4 Å². The fourth-order valence-electron chi connectivity index (χ4n) is 3.54. The first-order valence-corrected chi connectivity index (χ1v) is 9.76. The largest absolute Gasteiger partial charge is 0.353 e. The molecule has 1 aliphatic heterocycles. The molecule has 0 unspecified atom stereocenters. The van der Waals surface area contributed by atoms with Gasteiger partial charge in [0.2, 0.25) is 5.95 Å². The van der Waals surface area contributed by atoms with E-state index in [1.807, 2.05) is 12.4 Å². The summed E-state index contributed by atoms with van der Waals surface area (Å²) >= 11 is 0. The van der Waals surface area contributed by atoms with Gasteiger partial charge in [0.1, 0.15) is 11.6 Å². The van der Waals surface area contributed by atoms with Gasteiger partial charge in [0, 0.05) is 50.7 Å². The lowest BCUT2D eigenvalue weighted by Crippen LogP contribution is -2.47. The van der Waals surface area contributed by atoms with Crippen LogP contribution in [0.4, 0.5) is 16.2 Å². The molecule has 0 bridgehead atoms. The zero-order valence-electron chi connectivity index (χ0n) is 16.8. The minimum absolute atomic E-state index is 0.312. The Hall–Kier alpha value is -3.06. The Morgan fingerprint density at radius 2 is 1.59 bits per heavy atom. The fourth-order valence-corrected chi connectivity index (χ4v) is 3.54. The maximum atomic E-state index is 13.1. The van der Waals surface area contributed by atoms with E-state index in [4.69, 9.17) is 0 Å². The van der Waals surface area contributed by atoms with Crippen molar-refractivity contribution in [3.8, 4) is 11.1 Å². The molecule has 1 aromatic carbocycles. The third-order valence-electron chi connectivity index (χ3n) is 5.00. The van der Waals surface area contributed by atoms with E-state index < -0.39 is 0 Å². The van der Waals surface area contributed by atoms with Crippen molar-refractivity contribution in [2.75, 3.05) is 50.1 Å². The molecule has 0 radical (unpaired) electrons. The molecule has 3 heterocycles. The predicted octanol–water partition coefficient (Wildman–Crippen LogP) is 3.07. The highest BCUT2D eigenvalue weighted by atomic mass is 19.1. The van der Waals surface area contributed by atoms with Gasteiger partial charge in [-0.1, -0.05) is 18.2 Å². The van der Waals surface area contributed by atoms with E-state index in [1.165, 1.54) is 17.8 Å². The molecular formula is C22H25FN6. The molecule has 1 saturated heterocycles. The quantitative estimate of drug-likeness (QED) is 0.665. The maximum absolute atomic E-state index is 13.1. The van der Waals surface area contributed by atoms with E-state index >= 15 is 0 Å². The van der Waals surface area contributed by atoms with Crippen LogP contribution >= 0.6 is 0 Å². The molecule has 0 saturated carbocycles. The fraction of sp³-hybridized carbons (Fsp3) is 0.318. The Balaban J connectivity index is 1.40. The Morgan fingerprint density at radius 3 is 2.24 bits per heavy atom. The molecule has 0 amide bonds. The molecule has 0 atom stereocenters. The molecule has 6 nitrogen and oxygen atoms in total. The van der Waals surface area contributed by atoms with Gasteiger partial charge in [-0.3, -0.25) is 0 Å². The molecule has 0 aliphatic carbocycles. The van der Waals surface area contributed by atoms with Gasteiger partial charge in [-0.25, -0.2) is 19.3 Å². The minimum atomic E-state index is -0.312. The van der Waals surface area contributed by atoms with Crippen molar-refractivity contribution in [2.45, 2.75) is 6.54 Å². The highest BCUT2D eigenvalue weighted by Gasteiger charge is 2.20. The van der Waals surface area contributed by atoms with Crippen molar-refractivity contribution in [3.63, 3.8) is 0 Å². The van der Waals surface area contributed by atoms with Crippen molar-refractivity contribution in [2.24, 2.45) is 0 Å². The number of hydrogen-bond acceptors (Lipinski definition) is 6. The third kappa shape index (κ3) is 4.68. The maximum Gasteiger partial charge on any atom is 0.225 e. The molecule has 1 fully saturated rings. The van der Waals surface area contributed by atoms with Gasteiger partial charge in [0.25, 0.3) is 0 Å². The van der Waals surface area contributed by atoms with E-state index in [9.17, 15) is 4.39 Å². The number of piperazine rings is 1. The summed E-state index contributed by atoms with van der Waals surface area (Å²) in [6, 6.07) is 11.7. The summed E-state index contributed by atoms with van der Waals surface area (Å²) in [5.74, 6) is 1.23. The summed E-state index contributed by atoms with van der Waals surface area (Å²) in [5.41, 5.74) is 3.41. The lowest BCUT2D eigenvalue weighted by molar-refractivity contribution is 0.402. The molecule has 1 aliphatic rings. The highest BCUT2D eigenvalue weighted by Crippen LogP contribution is 2.22. The first kappa shape index (κ1) is 19.3. The Bertz CT molecular complexity index is 934. The summed E-state index contributed by atoms with van der Waals surface area (Å²) in [4.78, 5) is 19.8. The van der Waals surface area contributed by atoms with E-state index in [2.05, 4.69) is 68.0 Å². The zero-order chi connectivity index (χ0) is 20.2. The number of aromatic nitrogens is 3. The minimum Gasteiger partial charge on any atom is -0.353 e. The van der Waals surface area contributed by atoms with Crippen LogP contribution in [0.3, 0.4) is 0 Å². The first-order valence-electron chi connectivity index (χ1n) is 9.76. The summed E-state index contributed by atoms with van der Waals surface area (Å²) < 4.78 is 13.1. The monoisotopic (exact) mass is 392 g/mol. The van der Waals surface area contributed by atoms with E-state index in [0.717, 1.165) is 55.6 Å². The average Bonchev–Trinajstić information content (AvgIpc) is 2.74. The molecular weight excluding hydrogens is 367 g/mol. The molecule has 7 heteroatoms. The molecule has 4 rings (SSSR count). The second-order valence-electron chi connectivity index (χ2n) is 7.52. The molecule has 29 heavy (non-hydrogen) atoms. The summed E-state index contributed by atoms with van der Waals surface area (Å²) in [6.07, 6.45) is 5.05. The normalized spacial score (nSPS) is 14.5. The Kier molecular flexibility index (Phi) is 5.67. The van der Waals surface area contributed by atoms with Crippen LogP contribution in [0.5, 0.6) is 0 Å². The first-order chi connectivity index (χ1) is 14.1. The summed E-state index contributed by atoms with van der Waals surface area (Å²) in [7, 11) is 4.13. The van der Waals surface area contributed by atoms with Crippen LogP contribution in [0.25, 0.3) is 11.1 Å². The van der Waals surface area contributed by atoms with Crippen LogP contribution in [0.2, 0.25) is 0 Å². The van der Waals surface area contributed by atoms with E-state index in [1.54, 1.807) is 6.07 Å². The van der Waals surface area contributed by atoms with Gasteiger partial charge >= 0.3 is 0 Å². The second-order valence-corrected chi connectivity index (χ2v) is 7.52. The number of halogens is 1. The van der Waals surface area contributed by atoms with Gasteiger partial charge in [-0.15, -0.1) is 0 Å². The second kappa shape index (κ2) is 8.53. The highest BCUT2D eigenvalue weighted by molar-refractivity contribution is 5.63.